The molecule has 1 N–H and O–H groups in total. The Morgan fingerprint density at radius 2 is 1.85 bits per heavy atom. The largest absolute Gasteiger partial charge is 0.496 e. The van der Waals surface area contributed by atoms with E-state index in [1.54, 1.807) is 7.11 Å². The van der Waals surface area contributed by atoms with E-state index in [1.807, 2.05) is 12.1 Å². The van der Waals surface area contributed by atoms with Gasteiger partial charge in [-0.25, -0.2) is 0 Å². The number of methoxy groups -OCH3 is 1. The summed E-state index contributed by atoms with van der Waals surface area (Å²) in [4.78, 5) is 2.36. The van der Waals surface area contributed by atoms with Crippen LogP contribution < -0.4 is 10.1 Å². The molecule has 0 aliphatic carbocycles. The van der Waals surface area contributed by atoms with E-state index in [-0.39, 0.29) is 0 Å². The van der Waals surface area contributed by atoms with Gasteiger partial charge in [-0.1, -0.05) is 39.0 Å². The van der Waals surface area contributed by atoms with E-state index in [0.717, 1.165) is 31.9 Å². The number of rotatable bonds is 9. The molecule has 114 valence electrons. The molecule has 0 aliphatic rings. The molecule has 0 amide bonds. The highest BCUT2D eigenvalue weighted by molar-refractivity contribution is 5.32. The number of nitrogens with one attached hydrogen (secondary N) is 1. The van der Waals surface area contributed by atoms with Crippen LogP contribution in [0.25, 0.3) is 0 Å². The molecular formula is C17H30N2O. The van der Waals surface area contributed by atoms with Gasteiger partial charge in [0.1, 0.15) is 5.75 Å². The van der Waals surface area contributed by atoms with Crippen LogP contribution in [0, 0.1) is 11.8 Å². The Labute approximate surface area is 124 Å². The molecule has 0 aromatic heterocycles. The van der Waals surface area contributed by atoms with E-state index in [0.29, 0.717) is 11.8 Å². The van der Waals surface area contributed by atoms with Gasteiger partial charge in [-0.2, -0.15) is 0 Å². The molecule has 3 nitrogen and oxygen atoms in total. The van der Waals surface area contributed by atoms with Gasteiger partial charge in [0.15, 0.2) is 0 Å². The Morgan fingerprint density at radius 3 is 2.50 bits per heavy atom. The standard InChI is InChI=1S/C17H30N2O/c1-14(2)10-18-11-15(3)12-19(4)13-16-8-6-7-9-17(16)20-5/h6-9,14-15,18H,10-13H2,1-5H3. The van der Waals surface area contributed by atoms with Crippen LogP contribution in [0.15, 0.2) is 24.3 Å². The van der Waals surface area contributed by atoms with E-state index in [4.69, 9.17) is 4.74 Å². The normalized spacial score (nSPS) is 12.9. The van der Waals surface area contributed by atoms with Crippen molar-refractivity contribution in [3.63, 3.8) is 0 Å². The molecule has 0 aliphatic heterocycles. The molecular weight excluding hydrogens is 248 g/mol. The summed E-state index contributed by atoms with van der Waals surface area (Å²) in [6, 6.07) is 8.24. The predicted molar refractivity (Wildman–Crippen MR) is 86.2 cm³/mol. The van der Waals surface area contributed by atoms with Gasteiger partial charge in [-0.05, 0) is 38.0 Å². The average molecular weight is 278 g/mol. The van der Waals surface area contributed by atoms with Crippen LogP contribution in [0.4, 0.5) is 0 Å². The van der Waals surface area contributed by atoms with Gasteiger partial charge in [0.2, 0.25) is 0 Å². The second kappa shape index (κ2) is 8.98. The topological polar surface area (TPSA) is 24.5 Å². The lowest BCUT2D eigenvalue weighted by molar-refractivity contribution is 0.268. The summed E-state index contributed by atoms with van der Waals surface area (Å²) < 4.78 is 5.40. The van der Waals surface area contributed by atoms with Crippen LogP contribution >= 0.6 is 0 Å². The summed E-state index contributed by atoms with van der Waals surface area (Å²) in [6.45, 7) is 11.0. The third-order valence-electron chi connectivity index (χ3n) is 3.30. The number of hydrogen-bond acceptors (Lipinski definition) is 3. The number of nitrogens with zero attached hydrogens (tertiary/aromatic N) is 1. The number of benzene rings is 1. The van der Waals surface area contributed by atoms with E-state index in [1.165, 1.54) is 5.56 Å². The molecule has 0 radical (unpaired) electrons. The fourth-order valence-corrected chi connectivity index (χ4v) is 2.40. The average Bonchev–Trinajstić information content (AvgIpc) is 2.38. The second-order valence-corrected chi connectivity index (χ2v) is 6.17. The number of ether oxygens (including phenoxy) is 1. The van der Waals surface area contributed by atoms with Crippen molar-refractivity contribution in [2.45, 2.75) is 27.3 Å². The van der Waals surface area contributed by atoms with E-state index in [2.05, 4.69) is 50.2 Å². The van der Waals surface area contributed by atoms with Gasteiger partial charge in [-0.15, -0.1) is 0 Å². The van der Waals surface area contributed by atoms with Gasteiger partial charge >= 0.3 is 0 Å². The molecule has 1 aromatic rings. The van der Waals surface area contributed by atoms with Crippen LogP contribution in [0.3, 0.4) is 0 Å². The summed E-state index contributed by atoms with van der Waals surface area (Å²) in [6.07, 6.45) is 0. The highest BCUT2D eigenvalue weighted by atomic mass is 16.5. The van der Waals surface area contributed by atoms with Crippen molar-refractivity contribution in [1.82, 2.24) is 10.2 Å². The molecule has 1 unspecified atom stereocenters. The number of para-hydroxylation sites is 1. The summed E-state index contributed by atoms with van der Waals surface area (Å²) in [7, 11) is 3.91. The number of hydrogen-bond donors (Lipinski definition) is 1. The molecule has 0 fully saturated rings. The van der Waals surface area contributed by atoms with Crippen molar-refractivity contribution < 1.29 is 4.74 Å². The zero-order chi connectivity index (χ0) is 15.0. The highest BCUT2D eigenvalue weighted by Gasteiger charge is 2.09. The summed E-state index contributed by atoms with van der Waals surface area (Å²) >= 11 is 0. The smallest absolute Gasteiger partial charge is 0.123 e. The molecule has 3 heteroatoms. The lowest BCUT2D eigenvalue weighted by Crippen LogP contribution is -2.32. The van der Waals surface area contributed by atoms with Crippen molar-refractivity contribution in [2.75, 3.05) is 33.8 Å². The van der Waals surface area contributed by atoms with Gasteiger partial charge in [0, 0.05) is 18.7 Å². The van der Waals surface area contributed by atoms with Crippen molar-refractivity contribution >= 4 is 0 Å². The maximum atomic E-state index is 5.40. The van der Waals surface area contributed by atoms with Gasteiger partial charge in [0.05, 0.1) is 7.11 Å². The van der Waals surface area contributed by atoms with Crippen molar-refractivity contribution in [3.05, 3.63) is 29.8 Å². The molecule has 0 saturated heterocycles. The first-order valence-electron chi connectivity index (χ1n) is 7.54. The summed E-state index contributed by atoms with van der Waals surface area (Å²) in [5.41, 5.74) is 1.25. The molecule has 0 heterocycles. The van der Waals surface area contributed by atoms with Crippen molar-refractivity contribution in [2.24, 2.45) is 11.8 Å². The summed E-state index contributed by atoms with van der Waals surface area (Å²) in [5, 5.41) is 3.53. The van der Waals surface area contributed by atoms with Gasteiger partial charge < -0.3 is 15.0 Å². The van der Waals surface area contributed by atoms with E-state index < -0.39 is 0 Å². The Bertz CT molecular complexity index is 379. The molecule has 0 spiro atoms. The van der Waals surface area contributed by atoms with E-state index in [9.17, 15) is 0 Å². The minimum atomic E-state index is 0.647. The molecule has 0 bridgehead atoms. The highest BCUT2D eigenvalue weighted by Crippen LogP contribution is 2.18. The maximum Gasteiger partial charge on any atom is 0.123 e. The molecule has 1 rings (SSSR count). The third kappa shape index (κ3) is 6.40. The fraction of sp³-hybridized carbons (Fsp3) is 0.647. The van der Waals surface area contributed by atoms with Crippen LogP contribution in [0.5, 0.6) is 5.75 Å². The molecule has 0 saturated carbocycles. The first kappa shape index (κ1) is 17.0. The van der Waals surface area contributed by atoms with Crippen LogP contribution in [0.2, 0.25) is 0 Å². The zero-order valence-electron chi connectivity index (χ0n) is 13.6. The second-order valence-electron chi connectivity index (χ2n) is 6.17. The van der Waals surface area contributed by atoms with Crippen LogP contribution in [-0.2, 0) is 6.54 Å². The zero-order valence-corrected chi connectivity index (χ0v) is 13.6. The van der Waals surface area contributed by atoms with Gasteiger partial charge in [-0.3, -0.25) is 0 Å². The molecule has 1 aromatic carbocycles. The third-order valence-corrected chi connectivity index (χ3v) is 3.30. The maximum absolute atomic E-state index is 5.40. The fourth-order valence-electron chi connectivity index (χ4n) is 2.40. The first-order chi connectivity index (χ1) is 9.52. The molecule has 1 atom stereocenters. The SMILES string of the molecule is COc1ccccc1CN(C)CC(C)CNCC(C)C. The summed E-state index contributed by atoms with van der Waals surface area (Å²) in [5.74, 6) is 2.34. The first-order valence-corrected chi connectivity index (χ1v) is 7.54. The predicted octanol–water partition coefficient (Wildman–Crippen LogP) is 3.01. The Kier molecular flexibility index (Phi) is 7.63. The van der Waals surface area contributed by atoms with Crippen LogP contribution in [0.1, 0.15) is 26.3 Å². The van der Waals surface area contributed by atoms with Crippen molar-refractivity contribution in [1.29, 1.82) is 0 Å². The Hall–Kier alpha value is -1.06. The molecule has 20 heavy (non-hydrogen) atoms. The van der Waals surface area contributed by atoms with Crippen molar-refractivity contribution in [3.8, 4) is 5.75 Å². The van der Waals surface area contributed by atoms with Gasteiger partial charge in [0.25, 0.3) is 0 Å². The quantitative estimate of drug-likeness (QED) is 0.751. The van der Waals surface area contributed by atoms with E-state index >= 15 is 0 Å². The Morgan fingerprint density at radius 1 is 1.15 bits per heavy atom. The van der Waals surface area contributed by atoms with Crippen LogP contribution in [-0.4, -0.2) is 38.7 Å². The monoisotopic (exact) mass is 278 g/mol. The lowest BCUT2D eigenvalue weighted by Gasteiger charge is -2.23. The minimum absolute atomic E-state index is 0.647. The Balaban J connectivity index is 2.37. The minimum Gasteiger partial charge on any atom is -0.496 e. The lowest BCUT2D eigenvalue weighted by atomic mass is 10.1.